The lowest BCUT2D eigenvalue weighted by molar-refractivity contribution is 0.0989. The van der Waals surface area contributed by atoms with Crippen LogP contribution in [-0.2, 0) is 11.3 Å². The maximum absolute atomic E-state index is 12.1. The Balaban J connectivity index is 1.25. The van der Waals surface area contributed by atoms with Gasteiger partial charge in [0.2, 0.25) is 0 Å². The number of carbonyl (C=O) groups excluding carboxylic acids is 2. The fraction of sp³-hybridized carbons (Fsp3) is 0.364. The van der Waals surface area contributed by atoms with Crippen molar-refractivity contribution in [2.75, 3.05) is 18.0 Å². The lowest BCUT2D eigenvalue weighted by Crippen LogP contribution is -2.44. The SMILES string of the molecule is CC(NC(=O)OCc1cc(C(N)=O)no1)C1CCN(c2ccc3cc(Cl)ccc3n2)CC1. The third kappa shape index (κ3) is 5.11. The van der Waals surface area contributed by atoms with Gasteiger partial charge in [-0.3, -0.25) is 4.79 Å². The molecule has 10 heteroatoms. The zero-order valence-corrected chi connectivity index (χ0v) is 18.3. The van der Waals surface area contributed by atoms with E-state index in [0.29, 0.717) is 10.9 Å². The number of amides is 2. The summed E-state index contributed by atoms with van der Waals surface area (Å²) < 4.78 is 10.1. The van der Waals surface area contributed by atoms with Crippen LogP contribution < -0.4 is 16.0 Å². The second kappa shape index (κ2) is 9.44. The minimum absolute atomic E-state index is 0.00571. The Kier molecular flexibility index (Phi) is 6.45. The largest absolute Gasteiger partial charge is 0.441 e. The number of primary amides is 1. The fourth-order valence-electron chi connectivity index (χ4n) is 3.87. The van der Waals surface area contributed by atoms with Gasteiger partial charge < -0.3 is 25.2 Å². The molecule has 1 aliphatic heterocycles. The van der Waals surface area contributed by atoms with Crippen LogP contribution in [0.2, 0.25) is 5.02 Å². The summed E-state index contributed by atoms with van der Waals surface area (Å²) in [7, 11) is 0. The molecule has 3 aromatic rings. The lowest BCUT2D eigenvalue weighted by atomic mass is 9.90. The summed E-state index contributed by atoms with van der Waals surface area (Å²) in [6.07, 6.45) is 1.30. The van der Waals surface area contributed by atoms with Gasteiger partial charge in [0.25, 0.3) is 5.91 Å². The Bertz CT molecular complexity index is 1130. The number of rotatable bonds is 6. The summed E-state index contributed by atoms with van der Waals surface area (Å²) in [5.41, 5.74) is 6.03. The highest BCUT2D eigenvalue weighted by Crippen LogP contribution is 2.26. The molecule has 32 heavy (non-hydrogen) atoms. The van der Waals surface area contributed by atoms with Gasteiger partial charge in [0.05, 0.1) is 5.52 Å². The molecule has 2 aromatic heterocycles. The van der Waals surface area contributed by atoms with E-state index >= 15 is 0 Å². The molecule has 168 valence electrons. The number of benzene rings is 1. The maximum atomic E-state index is 12.1. The molecular formula is C22H24ClN5O4. The molecule has 2 amide bonds. The summed E-state index contributed by atoms with van der Waals surface area (Å²) in [6, 6.07) is 11.0. The summed E-state index contributed by atoms with van der Waals surface area (Å²) >= 11 is 6.05. The Hall–Kier alpha value is -3.33. The highest BCUT2D eigenvalue weighted by Gasteiger charge is 2.26. The van der Waals surface area contributed by atoms with E-state index in [0.717, 1.165) is 42.7 Å². The number of ether oxygens (including phenoxy) is 1. The number of nitrogens with one attached hydrogen (secondary N) is 1. The number of piperidine rings is 1. The van der Waals surface area contributed by atoms with E-state index in [-0.39, 0.29) is 24.1 Å². The van der Waals surface area contributed by atoms with Crippen molar-refractivity contribution in [3.8, 4) is 0 Å². The van der Waals surface area contributed by atoms with E-state index in [9.17, 15) is 9.59 Å². The zero-order valence-electron chi connectivity index (χ0n) is 17.6. The molecule has 3 heterocycles. The molecule has 0 bridgehead atoms. The van der Waals surface area contributed by atoms with Gasteiger partial charge in [-0.2, -0.15) is 0 Å². The predicted molar refractivity (Wildman–Crippen MR) is 119 cm³/mol. The Morgan fingerprint density at radius 1 is 1.28 bits per heavy atom. The van der Waals surface area contributed by atoms with E-state index in [2.05, 4.69) is 15.4 Å². The standard InChI is InChI=1S/C22H24ClN5O4/c1-13(25-22(30)31-12-17-11-19(21(24)29)27-32-17)14-6-8-28(9-7-14)20-5-2-15-10-16(23)3-4-18(15)26-20/h2-5,10-11,13-14H,6-9,12H2,1H3,(H2,24,29)(H,25,30). The number of nitrogens with two attached hydrogens (primary N) is 1. The van der Waals surface area contributed by atoms with Crippen molar-refractivity contribution in [2.45, 2.75) is 32.4 Å². The quantitative estimate of drug-likeness (QED) is 0.580. The smallest absolute Gasteiger partial charge is 0.407 e. The minimum atomic E-state index is -0.701. The molecule has 0 saturated carbocycles. The van der Waals surface area contributed by atoms with Crippen LogP contribution in [0.5, 0.6) is 0 Å². The summed E-state index contributed by atoms with van der Waals surface area (Å²) in [6.45, 7) is 3.55. The second-order valence-electron chi connectivity index (χ2n) is 7.88. The van der Waals surface area contributed by atoms with E-state index in [1.165, 1.54) is 6.07 Å². The van der Waals surface area contributed by atoms with E-state index in [4.69, 9.17) is 31.6 Å². The van der Waals surface area contributed by atoms with E-state index < -0.39 is 12.0 Å². The number of hydrogen-bond donors (Lipinski definition) is 2. The van der Waals surface area contributed by atoms with Crippen LogP contribution in [0.15, 0.2) is 40.9 Å². The molecular weight excluding hydrogens is 434 g/mol. The third-order valence-electron chi connectivity index (χ3n) is 5.71. The second-order valence-corrected chi connectivity index (χ2v) is 8.32. The summed E-state index contributed by atoms with van der Waals surface area (Å²) in [5.74, 6) is 0.818. The van der Waals surface area contributed by atoms with E-state index in [1.807, 2.05) is 37.3 Å². The molecule has 4 rings (SSSR count). The number of carbonyl (C=O) groups is 2. The van der Waals surface area contributed by atoms with Crippen LogP contribution in [0.3, 0.4) is 0 Å². The number of alkyl carbamates (subject to hydrolysis) is 1. The van der Waals surface area contributed by atoms with Crippen molar-refractivity contribution in [3.63, 3.8) is 0 Å². The highest BCUT2D eigenvalue weighted by atomic mass is 35.5. The van der Waals surface area contributed by atoms with Crippen molar-refractivity contribution < 1.29 is 18.8 Å². The Morgan fingerprint density at radius 2 is 2.06 bits per heavy atom. The van der Waals surface area contributed by atoms with E-state index in [1.54, 1.807) is 0 Å². The molecule has 9 nitrogen and oxygen atoms in total. The van der Waals surface area contributed by atoms with Gasteiger partial charge in [-0.1, -0.05) is 16.8 Å². The van der Waals surface area contributed by atoms with Crippen molar-refractivity contribution in [1.82, 2.24) is 15.5 Å². The molecule has 1 saturated heterocycles. The minimum Gasteiger partial charge on any atom is -0.441 e. The van der Waals surface area contributed by atoms with Crippen molar-refractivity contribution >= 4 is 40.3 Å². The first kappa shape index (κ1) is 21.9. The van der Waals surface area contributed by atoms with Crippen LogP contribution in [0.1, 0.15) is 36.0 Å². The van der Waals surface area contributed by atoms with Gasteiger partial charge in [0.1, 0.15) is 5.82 Å². The average molecular weight is 458 g/mol. The number of hydrogen-bond acceptors (Lipinski definition) is 7. The summed E-state index contributed by atoms with van der Waals surface area (Å²) in [5, 5.41) is 8.09. The van der Waals surface area contributed by atoms with Crippen molar-refractivity contribution in [3.05, 3.63) is 52.9 Å². The molecule has 0 radical (unpaired) electrons. The summed E-state index contributed by atoms with van der Waals surface area (Å²) in [4.78, 5) is 30.2. The van der Waals surface area contributed by atoms with Gasteiger partial charge in [-0.05, 0) is 56.0 Å². The number of aromatic nitrogens is 2. The van der Waals surface area contributed by atoms with Crippen LogP contribution in [0.4, 0.5) is 10.6 Å². The fourth-order valence-corrected chi connectivity index (χ4v) is 4.05. The number of halogens is 1. The molecule has 0 aliphatic carbocycles. The van der Waals surface area contributed by atoms with Gasteiger partial charge in [-0.25, -0.2) is 9.78 Å². The molecule has 1 aromatic carbocycles. The van der Waals surface area contributed by atoms with Gasteiger partial charge >= 0.3 is 6.09 Å². The number of nitrogens with zero attached hydrogens (tertiary/aromatic N) is 3. The topological polar surface area (TPSA) is 124 Å². The maximum Gasteiger partial charge on any atom is 0.407 e. The number of anilines is 1. The monoisotopic (exact) mass is 457 g/mol. The molecule has 0 spiro atoms. The molecule has 1 atom stereocenters. The predicted octanol–water partition coefficient (Wildman–Crippen LogP) is 3.51. The van der Waals surface area contributed by atoms with Crippen LogP contribution in [0.25, 0.3) is 10.9 Å². The Morgan fingerprint density at radius 3 is 2.78 bits per heavy atom. The van der Waals surface area contributed by atoms with Crippen LogP contribution in [-0.4, -0.2) is 41.3 Å². The first-order valence-electron chi connectivity index (χ1n) is 10.4. The highest BCUT2D eigenvalue weighted by molar-refractivity contribution is 6.31. The molecule has 1 aliphatic rings. The number of fused-ring (bicyclic) bond motifs is 1. The normalized spacial score (nSPS) is 15.5. The first-order chi connectivity index (χ1) is 15.4. The van der Waals surface area contributed by atoms with Crippen LogP contribution >= 0.6 is 11.6 Å². The number of pyridine rings is 1. The molecule has 1 fully saturated rings. The van der Waals surface area contributed by atoms with Crippen molar-refractivity contribution in [1.29, 1.82) is 0 Å². The average Bonchev–Trinajstić information content (AvgIpc) is 3.27. The van der Waals surface area contributed by atoms with Crippen molar-refractivity contribution in [2.24, 2.45) is 11.7 Å². The molecule has 1 unspecified atom stereocenters. The van der Waals surface area contributed by atoms with Crippen LogP contribution in [0, 0.1) is 5.92 Å². The third-order valence-corrected chi connectivity index (χ3v) is 5.94. The van der Waals surface area contributed by atoms with Gasteiger partial charge in [-0.15, -0.1) is 0 Å². The first-order valence-corrected chi connectivity index (χ1v) is 10.8. The Labute approximate surface area is 189 Å². The lowest BCUT2D eigenvalue weighted by Gasteiger charge is -2.35. The van der Waals surface area contributed by atoms with Gasteiger partial charge in [0, 0.05) is 35.6 Å². The van der Waals surface area contributed by atoms with Gasteiger partial charge in [0.15, 0.2) is 18.1 Å². The zero-order chi connectivity index (χ0) is 22.7. The molecule has 3 N–H and O–H groups in total.